The first kappa shape index (κ1) is 25.1. The minimum absolute atomic E-state index is 0. The largest absolute Gasteiger partial charge is 0.383 e. The Hall–Kier alpha value is -0.900. The molecule has 28 heavy (non-hydrogen) atoms. The summed E-state index contributed by atoms with van der Waals surface area (Å²) in [5.41, 5.74) is 1.22. The molecule has 2 rings (SSSR count). The van der Waals surface area contributed by atoms with E-state index in [-0.39, 0.29) is 30.1 Å². The second kappa shape index (κ2) is 15.0. The number of aliphatic imine (C=N–C) groups is 1. The standard InChI is InChI=1S/C21H36N4O2.HI/c1-18(19-8-5-4-6-9-19)27-16-7-12-23-21(22-2)24-13-14-25(15-17-26-3)20-10-11-20;/h4-6,8-9,18,20H,7,10-17H2,1-3H3,(H2,22,23,24);1H. The highest BCUT2D eigenvalue weighted by atomic mass is 127. The fourth-order valence-electron chi connectivity index (χ4n) is 3.02. The van der Waals surface area contributed by atoms with Gasteiger partial charge in [0.15, 0.2) is 5.96 Å². The minimum atomic E-state index is 0. The molecule has 6 nitrogen and oxygen atoms in total. The lowest BCUT2D eigenvalue weighted by Gasteiger charge is -2.22. The quantitative estimate of drug-likeness (QED) is 0.187. The van der Waals surface area contributed by atoms with E-state index in [1.807, 2.05) is 25.2 Å². The topological polar surface area (TPSA) is 58.1 Å². The van der Waals surface area contributed by atoms with Crippen molar-refractivity contribution in [3.8, 4) is 0 Å². The third-order valence-electron chi connectivity index (χ3n) is 4.81. The number of methoxy groups -OCH3 is 1. The van der Waals surface area contributed by atoms with E-state index in [0.717, 1.165) is 57.8 Å². The molecule has 0 amide bonds. The number of ether oxygens (including phenoxy) is 2. The van der Waals surface area contributed by atoms with Gasteiger partial charge in [0.2, 0.25) is 0 Å². The Morgan fingerprint density at radius 3 is 2.50 bits per heavy atom. The highest BCUT2D eigenvalue weighted by molar-refractivity contribution is 14.0. The SMILES string of the molecule is CN=C(NCCCOC(C)c1ccccc1)NCCN(CCOC)C1CC1.I. The number of hydrogen-bond donors (Lipinski definition) is 2. The van der Waals surface area contributed by atoms with E-state index in [0.29, 0.717) is 0 Å². The summed E-state index contributed by atoms with van der Waals surface area (Å²) in [5.74, 6) is 0.855. The molecule has 2 N–H and O–H groups in total. The number of hydrogen-bond acceptors (Lipinski definition) is 4. The van der Waals surface area contributed by atoms with E-state index >= 15 is 0 Å². The zero-order chi connectivity index (χ0) is 19.3. The van der Waals surface area contributed by atoms with E-state index in [1.54, 1.807) is 7.11 Å². The first-order chi connectivity index (χ1) is 13.2. The van der Waals surface area contributed by atoms with Crippen LogP contribution in [0.1, 0.15) is 37.9 Å². The summed E-state index contributed by atoms with van der Waals surface area (Å²) in [7, 11) is 3.58. The fourth-order valence-corrected chi connectivity index (χ4v) is 3.02. The van der Waals surface area contributed by atoms with Crippen molar-refractivity contribution in [1.82, 2.24) is 15.5 Å². The zero-order valence-corrected chi connectivity index (χ0v) is 19.9. The predicted molar refractivity (Wildman–Crippen MR) is 127 cm³/mol. The van der Waals surface area contributed by atoms with Crippen LogP contribution in [0.2, 0.25) is 0 Å². The average molecular weight is 504 g/mol. The third-order valence-corrected chi connectivity index (χ3v) is 4.81. The molecule has 0 heterocycles. The van der Waals surface area contributed by atoms with Gasteiger partial charge in [-0.1, -0.05) is 30.3 Å². The second-order valence-electron chi connectivity index (χ2n) is 6.96. The Labute approximate surface area is 187 Å². The normalized spacial score (nSPS) is 15.2. The van der Waals surface area contributed by atoms with Crippen LogP contribution in [0.5, 0.6) is 0 Å². The molecule has 0 spiro atoms. The number of rotatable bonds is 13. The molecule has 1 atom stereocenters. The molecule has 1 unspecified atom stereocenters. The number of nitrogens with zero attached hydrogens (tertiary/aromatic N) is 2. The maximum atomic E-state index is 5.91. The molecule has 160 valence electrons. The maximum Gasteiger partial charge on any atom is 0.191 e. The summed E-state index contributed by atoms with van der Waals surface area (Å²) in [6.45, 7) is 7.38. The highest BCUT2D eigenvalue weighted by Gasteiger charge is 2.28. The van der Waals surface area contributed by atoms with Gasteiger partial charge in [-0.3, -0.25) is 9.89 Å². The van der Waals surface area contributed by atoms with Crippen molar-refractivity contribution >= 4 is 29.9 Å². The molecule has 7 heteroatoms. The highest BCUT2D eigenvalue weighted by Crippen LogP contribution is 2.25. The molecule has 1 aromatic carbocycles. The van der Waals surface area contributed by atoms with Gasteiger partial charge in [-0.2, -0.15) is 0 Å². The van der Waals surface area contributed by atoms with Gasteiger partial charge >= 0.3 is 0 Å². The fraction of sp³-hybridized carbons (Fsp3) is 0.667. The second-order valence-corrected chi connectivity index (χ2v) is 6.96. The Bertz CT molecular complexity index is 540. The molecule has 1 fully saturated rings. The van der Waals surface area contributed by atoms with E-state index < -0.39 is 0 Å². The van der Waals surface area contributed by atoms with Crippen LogP contribution in [-0.4, -0.2) is 70.5 Å². The van der Waals surface area contributed by atoms with Crippen molar-refractivity contribution in [3.63, 3.8) is 0 Å². The van der Waals surface area contributed by atoms with E-state index in [1.165, 1.54) is 18.4 Å². The van der Waals surface area contributed by atoms with Crippen LogP contribution in [0.15, 0.2) is 35.3 Å². The van der Waals surface area contributed by atoms with Gasteiger partial charge in [0.05, 0.1) is 12.7 Å². The summed E-state index contributed by atoms with van der Waals surface area (Å²) < 4.78 is 11.1. The lowest BCUT2D eigenvalue weighted by molar-refractivity contribution is 0.0646. The molecule has 0 bridgehead atoms. The summed E-state index contributed by atoms with van der Waals surface area (Å²) in [5, 5.41) is 6.76. The predicted octanol–water partition coefficient (Wildman–Crippen LogP) is 3.05. The molecule has 1 aliphatic carbocycles. The molecule has 1 aliphatic rings. The Morgan fingerprint density at radius 1 is 1.14 bits per heavy atom. The average Bonchev–Trinajstić information content (AvgIpc) is 3.54. The maximum absolute atomic E-state index is 5.91. The van der Waals surface area contributed by atoms with Gasteiger partial charge in [-0.25, -0.2) is 0 Å². The van der Waals surface area contributed by atoms with Crippen LogP contribution in [0.3, 0.4) is 0 Å². The van der Waals surface area contributed by atoms with E-state index in [4.69, 9.17) is 9.47 Å². The number of guanidine groups is 1. The van der Waals surface area contributed by atoms with Crippen LogP contribution in [0.25, 0.3) is 0 Å². The summed E-state index contributed by atoms with van der Waals surface area (Å²) in [6, 6.07) is 11.1. The van der Waals surface area contributed by atoms with E-state index in [9.17, 15) is 0 Å². The number of halogens is 1. The Kier molecular flexibility index (Phi) is 13.5. The van der Waals surface area contributed by atoms with Gasteiger partial charge < -0.3 is 20.1 Å². The Balaban J connectivity index is 0.00000392. The molecule has 0 aliphatic heterocycles. The molecule has 1 aromatic rings. The lowest BCUT2D eigenvalue weighted by atomic mass is 10.1. The van der Waals surface area contributed by atoms with Gasteiger partial charge in [-0.15, -0.1) is 24.0 Å². The summed E-state index contributed by atoms with van der Waals surface area (Å²) >= 11 is 0. The molecular weight excluding hydrogens is 467 g/mol. The lowest BCUT2D eigenvalue weighted by Crippen LogP contribution is -2.43. The van der Waals surface area contributed by atoms with Crippen LogP contribution < -0.4 is 10.6 Å². The van der Waals surface area contributed by atoms with Gasteiger partial charge in [0.25, 0.3) is 0 Å². The summed E-state index contributed by atoms with van der Waals surface area (Å²) in [4.78, 5) is 6.80. The summed E-state index contributed by atoms with van der Waals surface area (Å²) in [6.07, 6.45) is 3.71. The zero-order valence-electron chi connectivity index (χ0n) is 17.5. The van der Waals surface area contributed by atoms with Crippen molar-refractivity contribution in [2.24, 2.45) is 4.99 Å². The molecule has 0 radical (unpaired) electrons. The van der Waals surface area contributed by atoms with Crippen molar-refractivity contribution in [2.45, 2.75) is 38.3 Å². The minimum Gasteiger partial charge on any atom is -0.383 e. The van der Waals surface area contributed by atoms with Crippen molar-refractivity contribution in [3.05, 3.63) is 35.9 Å². The Morgan fingerprint density at radius 2 is 1.86 bits per heavy atom. The third kappa shape index (κ3) is 10.0. The van der Waals surface area contributed by atoms with Crippen molar-refractivity contribution in [1.29, 1.82) is 0 Å². The molecule has 1 saturated carbocycles. The number of benzene rings is 1. The smallest absolute Gasteiger partial charge is 0.191 e. The monoisotopic (exact) mass is 504 g/mol. The first-order valence-corrected chi connectivity index (χ1v) is 10.1. The van der Waals surface area contributed by atoms with Crippen LogP contribution in [0.4, 0.5) is 0 Å². The van der Waals surface area contributed by atoms with Crippen molar-refractivity contribution < 1.29 is 9.47 Å². The number of nitrogens with one attached hydrogen (secondary N) is 2. The molecule has 0 aromatic heterocycles. The van der Waals surface area contributed by atoms with Gasteiger partial charge in [0.1, 0.15) is 0 Å². The van der Waals surface area contributed by atoms with Crippen molar-refractivity contribution in [2.75, 3.05) is 53.6 Å². The van der Waals surface area contributed by atoms with Crippen LogP contribution in [-0.2, 0) is 9.47 Å². The molecule has 0 saturated heterocycles. The molecular formula is C21H37IN4O2. The van der Waals surface area contributed by atoms with Gasteiger partial charge in [-0.05, 0) is 31.7 Å². The van der Waals surface area contributed by atoms with Crippen LogP contribution in [0, 0.1) is 0 Å². The van der Waals surface area contributed by atoms with Crippen LogP contribution >= 0.6 is 24.0 Å². The first-order valence-electron chi connectivity index (χ1n) is 10.1. The van der Waals surface area contributed by atoms with Gasteiger partial charge in [0, 0.05) is 53.0 Å². The van der Waals surface area contributed by atoms with E-state index in [2.05, 4.69) is 39.6 Å².